The molecule has 2 amide bonds. The molecule has 1 unspecified atom stereocenters. The van der Waals surface area contributed by atoms with Crippen molar-refractivity contribution < 1.29 is 14.0 Å². The van der Waals surface area contributed by atoms with Crippen LogP contribution in [-0.4, -0.2) is 33.5 Å². The van der Waals surface area contributed by atoms with Gasteiger partial charge in [-0.15, -0.1) is 11.3 Å². The minimum absolute atomic E-state index is 0.0552. The molecule has 2 aromatic heterocycles. The summed E-state index contributed by atoms with van der Waals surface area (Å²) in [5.41, 5.74) is 1.47. The highest BCUT2D eigenvalue weighted by Crippen LogP contribution is 2.32. The van der Waals surface area contributed by atoms with Crippen LogP contribution in [0.1, 0.15) is 23.9 Å². The predicted molar refractivity (Wildman–Crippen MR) is 101 cm³/mol. The highest BCUT2D eigenvalue weighted by Gasteiger charge is 2.37. The van der Waals surface area contributed by atoms with Gasteiger partial charge in [0.25, 0.3) is 0 Å². The molecule has 0 radical (unpaired) electrons. The molecule has 0 aliphatic carbocycles. The Hall–Kier alpha value is -2.81. The van der Waals surface area contributed by atoms with Crippen molar-refractivity contribution in [3.8, 4) is 0 Å². The van der Waals surface area contributed by atoms with E-state index in [-0.39, 0.29) is 36.0 Å². The highest BCUT2D eigenvalue weighted by molar-refractivity contribution is 7.15. The van der Waals surface area contributed by atoms with E-state index in [0.717, 1.165) is 17.0 Å². The van der Waals surface area contributed by atoms with Gasteiger partial charge in [0.1, 0.15) is 5.82 Å². The van der Waals surface area contributed by atoms with E-state index >= 15 is 0 Å². The number of aryl methyl sites for hydroxylation is 2. The maximum atomic E-state index is 14.2. The Bertz CT molecular complexity index is 1040. The van der Waals surface area contributed by atoms with Crippen molar-refractivity contribution in [3.05, 3.63) is 34.6 Å². The van der Waals surface area contributed by atoms with E-state index in [4.69, 9.17) is 0 Å². The molecule has 0 bridgehead atoms. The molecule has 140 valence electrons. The molecule has 3 aromatic rings. The first-order chi connectivity index (χ1) is 13.0. The molecule has 1 aliphatic heterocycles. The lowest BCUT2D eigenvalue weighted by atomic mass is 10.1. The summed E-state index contributed by atoms with van der Waals surface area (Å²) in [5.74, 6) is -1.28. The number of nitrogens with one attached hydrogen (secondary N) is 2. The van der Waals surface area contributed by atoms with Crippen LogP contribution in [0.3, 0.4) is 0 Å². The Labute approximate surface area is 158 Å². The molecule has 1 atom stereocenters. The standard InChI is InChI=1S/C18H18FN5O2S/c1-3-12-9(2)27-18(20-12)21-17(26)10-7-14(25)24(8-10)16-15-11(19)5-4-6-13(15)22-23-16/h4-6,10H,3,7-8H2,1-2H3,(H,22,23)(H,20,21,26). The summed E-state index contributed by atoms with van der Waals surface area (Å²) in [6, 6.07) is 4.58. The van der Waals surface area contributed by atoms with Crippen molar-refractivity contribution in [2.45, 2.75) is 26.7 Å². The number of H-pyrrole nitrogens is 1. The van der Waals surface area contributed by atoms with Crippen molar-refractivity contribution >= 4 is 45.0 Å². The van der Waals surface area contributed by atoms with Gasteiger partial charge < -0.3 is 5.32 Å². The van der Waals surface area contributed by atoms with Crippen LogP contribution >= 0.6 is 11.3 Å². The molecule has 0 saturated carbocycles. The first-order valence-corrected chi connectivity index (χ1v) is 9.49. The fraction of sp³-hybridized carbons (Fsp3) is 0.333. The number of fused-ring (bicyclic) bond motifs is 1. The molecule has 2 N–H and O–H groups in total. The van der Waals surface area contributed by atoms with Gasteiger partial charge >= 0.3 is 0 Å². The molecule has 1 fully saturated rings. The molecule has 1 aromatic carbocycles. The Morgan fingerprint density at radius 1 is 1.48 bits per heavy atom. The molecule has 0 spiro atoms. The predicted octanol–water partition coefficient (Wildman–Crippen LogP) is 3.02. The number of rotatable bonds is 4. The van der Waals surface area contributed by atoms with Gasteiger partial charge in [-0.05, 0) is 25.5 Å². The number of thiazole rings is 1. The Kier molecular flexibility index (Phi) is 4.39. The molecular weight excluding hydrogens is 369 g/mol. The second-order valence-electron chi connectivity index (χ2n) is 6.48. The lowest BCUT2D eigenvalue weighted by molar-refractivity contribution is -0.122. The number of aromatic amines is 1. The van der Waals surface area contributed by atoms with Crippen LogP contribution in [0.4, 0.5) is 15.3 Å². The summed E-state index contributed by atoms with van der Waals surface area (Å²) in [4.78, 5) is 31.9. The van der Waals surface area contributed by atoms with Gasteiger partial charge in [0.15, 0.2) is 10.9 Å². The zero-order valence-corrected chi connectivity index (χ0v) is 15.7. The van der Waals surface area contributed by atoms with E-state index in [9.17, 15) is 14.0 Å². The second-order valence-corrected chi connectivity index (χ2v) is 7.68. The van der Waals surface area contributed by atoms with E-state index in [1.807, 2.05) is 13.8 Å². The lowest BCUT2D eigenvalue weighted by Gasteiger charge is -2.14. The first-order valence-electron chi connectivity index (χ1n) is 8.68. The number of hydrogen-bond acceptors (Lipinski definition) is 5. The number of aromatic nitrogens is 3. The minimum Gasteiger partial charge on any atom is -0.302 e. The van der Waals surface area contributed by atoms with Crippen molar-refractivity contribution in [3.63, 3.8) is 0 Å². The summed E-state index contributed by atoms with van der Waals surface area (Å²) in [6.07, 6.45) is 0.853. The molecule has 3 heterocycles. The number of halogens is 1. The average Bonchev–Trinajstić information content (AvgIpc) is 3.32. The minimum atomic E-state index is -0.537. The topological polar surface area (TPSA) is 91.0 Å². The summed E-state index contributed by atoms with van der Waals surface area (Å²) in [5, 5.41) is 10.4. The third kappa shape index (κ3) is 3.08. The molecule has 1 saturated heterocycles. The van der Waals surface area contributed by atoms with E-state index in [1.165, 1.54) is 22.3 Å². The monoisotopic (exact) mass is 387 g/mol. The fourth-order valence-corrected chi connectivity index (χ4v) is 4.22. The fourth-order valence-electron chi connectivity index (χ4n) is 3.31. The molecule has 4 rings (SSSR count). The van der Waals surface area contributed by atoms with Crippen LogP contribution < -0.4 is 10.2 Å². The lowest BCUT2D eigenvalue weighted by Crippen LogP contribution is -2.28. The van der Waals surface area contributed by atoms with Crippen LogP contribution in [0.25, 0.3) is 10.9 Å². The van der Waals surface area contributed by atoms with Crippen LogP contribution in [0.5, 0.6) is 0 Å². The molecule has 9 heteroatoms. The van der Waals surface area contributed by atoms with E-state index in [1.54, 1.807) is 12.1 Å². The van der Waals surface area contributed by atoms with Crippen molar-refractivity contribution in [1.82, 2.24) is 15.2 Å². The molecular formula is C18H18FN5O2S. The third-order valence-corrected chi connectivity index (χ3v) is 5.66. The Morgan fingerprint density at radius 3 is 3.04 bits per heavy atom. The number of benzene rings is 1. The van der Waals surface area contributed by atoms with Crippen molar-refractivity contribution in [2.75, 3.05) is 16.8 Å². The van der Waals surface area contributed by atoms with Crippen LogP contribution in [0.15, 0.2) is 18.2 Å². The zero-order valence-electron chi connectivity index (χ0n) is 14.9. The zero-order chi connectivity index (χ0) is 19.1. The largest absolute Gasteiger partial charge is 0.302 e. The Balaban J connectivity index is 1.54. The number of hydrogen-bond donors (Lipinski definition) is 2. The number of carbonyl (C=O) groups is 2. The quantitative estimate of drug-likeness (QED) is 0.720. The van der Waals surface area contributed by atoms with Crippen molar-refractivity contribution in [2.24, 2.45) is 5.92 Å². The van der Waals surface area contributed by atoms with Crippen LogP contribution in [0, 0.1) is 18.7 Å². The normalized spacial score (nSPS) is 17.1. The van der Waals surface area contributed by atoms with Gasteiger partial charge in [0, 0.05) is 17.8 Å². The van der Waals surface area contributed by atoms with E-state index in [0.29, 0.717) is 10.6 Å². The van der Waals surface area contributed by atoms with E-state index in [2.05, 4.69) is 20.5 Å². The summed E-state index contributed by atoms with van der Waals surface area (Å²) in [6.45, 7) is 4.13. The SMILES string of the molecule is CCc1nc(NC(=O)C2CC(=O)N(c3n[nH]c4cccc(F)c34)C2)sc1C. The molecule has 7 nitrogen and oxygen atoms in total. The number of nitrogens with zero attached hydrogens (tertiary/aromatic N) is 3. The maximum Gasteiger partial charge on any atom is 0.231 e. The average molecular weight is 387 g/mol. The number of amides is 2. The second kappa shape index (κ2) is 6.73. The summed E-state index contributed by atoms with van der Waals surface area (Å²) in [7, 11) is 0. The molecule has 27 heavy (non-hydrogen) atoms. The van der Waals surface area contributed by atoms with Gasteiger partial charge in [-0.2, -0.15) is 5.10 Å². The van der Waals surface area contributed by atoms with Gasteiger partial charge in [0.05, 0.1) is 22.5 Å². The van der Waals surface area contributed by atoms with Crippen LogP contribution in [-0.2, 0) is 16.0 Å². The Morgan fingerprint density at radius 2 is 2.30 bits per heavy atom. The number of carbonyl (C=O) groups excluding carboxylic acids is 2. The highest BCUT2D eigenvalue weighted by atomic mass is 32.1. The van der Waals surface area contributed by atoms with Gasteiger partial charge in [-0.3, -0.25) is 19.6 Å². The van der Waals surface area contributed by atoms with Gasteiger partial charge in [0.2, 0.25) is 11.8 Å². The van der Waals surface area contributed by atoms with Gasteiger partial charge in [-0.1, -0.05) is 13.0 Å². The number of anilines is 2. The van der Waals surface area contributed by atoms with Gasteiger partial charge in [-0.25, -0.2) is 9.37 Å². The molecule has 1 aliphatic rings. The van der Waals surface area contributed by atoms with Crippen LogP contribution in [0.2, 0.25) is 0 Å². The third-order valence-electron chi connectivity index (χ3n) is 4.73. The maximum absolute atomic E-state index is 14.2. The van der Waals surface area contributed by atoms with Crippen molar-refractivity contribution in [1.29, 1.82) is 0 Å². The first kappa shape index (κ1) is 17.6. The van der Waals surface area contributed by atoms with E-state index < -0.39 is 11.7 Å². The smallest absolute Gasteiger partial charge is 0.231 e. The summed E-state index contributed by atoms with van der Waals surface area (Å²) < 4.78 is 14.2. The summed E-state index contributed by atoms with van der Waals surface area (Å²) >= 11 is 1.42.